The third-order valence-corrected chi connectivity index (χ3v) is 6.03. The molecule has 4 aromatic rings. The summed E-state index contributed by atoms with van der Waals surface area (Å²) < 4.78 is 11.2. The van der Waals surface area contributed by atoms with Gasteiger partial charge in [-0.2, -0.15) is 0 Å². The molecule has 6 nitrogen and oxygen atoms in total. The third kappa shape index (κ3) is 4.13. The largest absolute Gasteiger partial charge is 0.462 e. The molecule has 0 bridgehead atoms. The van der Waals surface area contributed by atoms with Gasteiger partial charge in [-0.25, -0.2) is 4.98 Å². The second kappa shape index (κ2) is 8.62. The van der Waals surface area contributed by atoms with Crippen molar-refractivity contribution in [1.82, 2.24) is 15.2 Å². The van der Waals surface area contributed by atoms with Gasteiger partial charge in [0.05, 0.1) is 12.0 Å². The lowest BCUT2D eigenvalue weighted by Gasteiger charge is -2.20. The van der Waals surface area contributed by atoms with Crippen LogP contribution in [0.5, 0.6) is 0 Å². The van der Waals surface area contributed by atoms with E-state index in [1.165, 1.54) is 17.4 Å². The van der Waals surface area contributed by atoms with Crippen LogP contribution in [0.2, 0.25) is 0 Å². The SMILES string of the molecule is CCN(CC)c1ccc(-c2nnc(SCc3csc(-c4ccco4)n3)o2)cc1. The predicted octanol–water partition coefficient (Wildman–Crippen LogP) is 5.59. The minimum Gasteiger partial charge on any atom is -0.462 e. The van der Waals surface area contributed by atoms with Crippen LogP contribution in [-0.2, 0) is 5.75 Å². The zero-order valence-electron chi connectivity index (χ0n) is 15.7. The van der Waals surface area contributed by atoms with Gasteiger partial charge in [0.1, 0.15) is 0 Å². The molecule has 28 heavy (non-hydrogen) atoms. The fourth-order valence-electron chi connectivity index (χ4n) is 2.81. The average Bonchev–Trinajstić information content (AvgIpc) is 3.49. The van der Waals surface area contributed by atoms with E-state index in [9.17, 15) is 0 Å². The number of thioether (sulfide) groups is 1. The van der Waals surface area contributed by atoms with Gasteiger partial charge >= 0.3 is 0 Å². The molecule has 0 radical (unpaired) electrons. The first-order chi connectivity index (χ1) is 13.8. The van der Waals surface area contributed by atoms with Gasteiger partial charge in [-0.15, -0.1) is 21.5 Å². The molecular weight excluding hydrogens is 392 g/mol. The molecule has 0 spiro atoms. The Bertz CT molecular complexity index is 1010. The molecule has 1 aromatic carbocycles. The van der Waals surface area contributed by atoms with Crippen LogP contribution in [0.15, 0.2) is 62.1 Å². The Morgan fingerprint density at radius 3 is 2.61 bits per heavy atom. The summed E-state index contributed by atoms with van der Waals surface area (Å²) >= 11 is 3.04. The summed E-state index contributed by atoms with van der Waals surface area (Å²) in [5.74, 6) is 1.98. The summed E-state index contributed by atoms with van der Waals surface area (Å²) in [6.45, 7) is 6.27. The number of anilines is 1. The monoisotopic (exact) mass is 412 g/mol. The standard InChI is InChI=1S/C20H20N4O2S2/c1-3-24(4-2)16-9-7-14(8-10-16)18-22-23-20(26-18)28-13-15-12-27-19(21-15)17-6-5-11-25-17/h5-12H,3-4,13H2,1-2H3. The highest BCUT2D eigenvalue weighted by molar-refractivity contribution is 7.98. The maximum Gasteiger partial charge on any atom is 0.277 e. The summed E-state index contributed by atoms with van der Waals surface area (Å²) in [6, 6.07) is 12.0. The second-order valence-corrected chi connectivity index (χ2v) is 7.79. The van der Waals surface area contributed by atoms with E-state index in [2.05, 4.69) is 46.1 Å². The molecule has 8 heteroatoms. The normalized spacial score (nSPS) is 11.1. The van der Waals surface area contributed by atoms with Crippen LogP contribution in [0.4, 0.5) is 5.69 Å². The molecule has 0 aliphatic rings. The third-order valence-electron chi connectivity index (χ3n) is 4.28. The number of hydrogen-bond donors (Lipinski definition) is 0. The summed E-state index contributed by atoms with van der Waals surface area (Å²) in [7, 11) is 0. The number of benzene rings is 1. The molecule has 144 valence electrons. The first kappa shape index (κ1) is 18.8. The maximum absolute atomic E-state index is 5.81. The molecule has 0 amide bonds. The van der Waals surface area contributed by atoms with Crippen molar-refractivity contribution in [3.63, 3.8) is 0 Å². The minimum atomic E-state index is 0.531. The van der Waals surface area contributed by atoms with E-state index in [4.69, 9.17) is 8.83 Å². The van der Waals surface area contributed by atoms with Gasteiger partial charge in [0, 0.05) is 35.5 Å². The fraction of sp³-hybridized carbons (Fsp3) is 0.250. The molecular formula is C20H20N4O2S2. The molecule has 3 aromatic heterocycles. The summed E-state index contributed by atoms with van der Waals surface area (Å²) in [5.41, 5.74) is 3.08. The zero-order valence-corrected chi connectivity index (χ0v) is 17.3. The van der Waals surface area contributed by atoms with Crippen LogP contribution in [0.3, 0.4) is 0 Å². The van der Waals surface area contributed by atoms with E-state index in [1.54, 1.807) is 17.6 Å². The number of furan rings is 1. The van der Waals surface area contributed by atoms with Crippen molar-refractivity contribution in [3.8, 4) is 22.2 Å². The molecule has 0 N–H and O–H groups in total. The smallest absolute Gasteiger partial charge is 0.277 e. The van der Waals surface area contributed by atoms with Gasteiger partial charge in [0.25, 0.3) is 5.22 Å². The lowest BCUT2D eigenvalue weighted by Crippen LogP contribution is -2.21. The molecule has 0 aliphatic heterocycles. The Morgan fingerprint density at radius 1 is 1.07 bits per heavy atom. The summed E-state index contributed by atoms with van der Waals surface area (Å²) in [4.78, 5) is 6.88. The average molecular weight is 413 g/mol. The van der Waals surface area contributed by atoms with Gasteiger partial charge in [0.15, 0.2) is 10.8 Å². The topological polar surface area (TPSA) is 68.2 Å². The first-order valence-corrected chi connectivity index (χ1v) is 10.9. The molecule has 0 atom stereocenters. The van der Waals surface area contributed by atoms with Crippen molar-refractivity contribution < 1.29 is 8.83 Å². The number of nitrogens with zero attached hydrogens (tertiary/aromatic N) is 4. The number of rotatable bonds is 8. The number of thiazole rings is 1. The van der Waals surface area contributed by atoms with Crippen LogP contribution < -0.4 is 4.90 Å². The van der Waals surface area contributed by atoms with Crippen LogP contribution >= 0.6 is 23.1 Å². The van der Waals surface area contributed by atoms with Gasteiger partial charge < -0.3 is 13.7 Å². The molecule has 0 saturated heterocycles. The number of aromatic nitrogens is 3. The van der Waals surface area contributed by atoms with Gasteiger partial charge in [-0.05, 0) is 50.2 Å². The quantitative estimate of drug-likeness (QED) is 0.349. The number of hydrogen-bond acceptors (Lipinski definition) is 8. The van der Waals surface area contributed by atoms with E-state index < -0.39 is 0 Å². The van der Waals surface area contributed by atoms with Gasteiger partial charge in [-0.1, -0.05) is 11.8 Å². The van der Waals surface area contributed by atoms with Crippen molar-refractivity contribution in [1.29, 1.82) is 0 Å². The van der Waals surface area contributed by atoms with Crippen molar-refractivity contribution >= 4 is 28.8 Å². The predicted molar refractivity (Wildman–Crippen MR) is 113 cm³/mol. The molecule has 0 aliphatic carbocycles. The minimum absolute atomic E-state index is 0.531. The Kier molecular flexibility index (Phi) is 5.78. The molecule has 0 saturated carbocycles. The lowest BCUT2D eigenvalue weighted by atomic mass is 10.2. The highest BCUT2D eigenvalue weighted by Gasteiger charge is 2.12. The van der Waals surface area contributed by atoms with Crippen molar-refractivity contribution in [3.05, 3.63) is 53.7 Å². The van der Waals surface area contributed by atoms with Crippen LogP contribution in [0.25, 0.3) is 22.2 Å². The molecule has 0 fully saturated rings. The van der Waals surface area contributed by atoms with E-state index in [-0.39, 0.29) is 0 Å². The Labute approximate surface area is 171 Å². The Hall–Kier alpha value is -2.58. The van der Waals surface area contributed by atoms with E-state index in [0.717, 1.165) is 35.1 Å². The van der Waals surface area contributed by atoms with Crippen molar-refractivity contribution in [2.75, 3.05) is 18.0 Å². The van der Waals surface area contributed by atoms with Gasteiger partial charge in [-0.3, -0.25) is 0 Å². The second-order valence-electron chi connectivity index (χ2n) is 6.00. The molecule has 3 heterocycles. The highest BCUT2D eigenvalue weighted by Crippen LogP contribution is 2.29. The zero-order chi connectivity index (χ0) is 19.3. The summed E-state index contributed by atoms with van der Waals surface area (Å²) in [6.07, 6.45) is 1.65. The van der Waals surface area contributed by atoms with Crippen molar-refractivity contribution in [2.24, 2.45) is 0 Å². The Balaban J connectivity index is 1.39. The lowest BCUT2D eigenvalue weighted by molar-refractivity contribution is 0.466. The van der Waals surface area contributed by atoms with E-state index >= 15 is 0 Å². The van der Waals surface area contributed by atoms with E-state index in [1.807, 2.05) is 29.6 Å². The van der Waals surface area contributed by atoms with Gasteiger partial charge in [0.2, 0.25) is 5.89 Å². The van der Waals surface area contributed by atoms with Crippen LogP contribution in [0, 0.1) is 0 Å². The van der Waals surface area contributed by atoms with E-state index in [0.29, 0.717) is 16.9 Å². The molecule has 4 rings (SSSR count). The van der Waals surface area contributed by atoms with Crippen LogP contribution in [0.1, 0.15) is 19.5 Å². The maximum atomic E-state index is 5.81. The van der Waals surface area contributed by atoms with Crippen LogP contribution in [-0.4, -0.2) is 28.3 Å². The summed E-state index contributed by atoms with van der Waals surface area (Å²) in [5, 5.41) is 11.8. The molecule has 0 unspecified atom stereocenters. The fourth-order valence-corrected chi connectivity index (χ4v) is 4.36. The highest BCUT2D eigenvalue weighted by atomic mass is 32.2. The van der Waals surface area contributed by atoms with Crippen molar-refractivity contribution in [2.45, 2.75) is 24.8 Å². The first-order valence-electron chi connectivity index (χ1n) is 9.06. The Morgan fingerprint density at radius 2 is 1.89 bits per heavy atom.